The quantitative estimate of drug-likeness (QED) is 0.514. The second-order valence-corrected chi connectivity index (χ2v) is 8.26. The van der Waals surface area contributed by atoms with E-state index in [4.69, 9.17) is 9.47 Å². The van der Waals surface area contributed by atoms with Crippen LogP contribution in [-0.4, -0.2) is 42.2 Å². The maximum absolute atomic E-state index is 13.0. The van der Waals surface area contributed by atoms with Crippen molar-refractivity contribution in [2.24, 2.45) is 11.8 Å². The number of hydrogen-bond donors (Lipinski definition) is 1. The van der Waals surface area contributed by atoms with E-state index in [1.165, 1.54) is 7.11 Å². The molecule has 1 heterocycles. The topological polar surface area (TPSA) is 102 Å². The van der Waals surface area contributed by atoms with E-state index >= 15 is 0 Å². The first-order valence-corrected chi connectivity index (χ1v) is 11.0. The molecule has 1 N–H and O–H groups in total. The number of rotatable bonds is 7. The molecule has 2 aromatic carbocycles. The summed E-state index contributed by atoms with van der Waals surface area (Å²) in [5, 5.41) is 2.73. The number of likely N-dealkylation sites (tertiary alicyclic amines) is 1. The number of anilines is 1. The molecule has 2 fully saturated rings. The van der Waals surface area contributed by atoms with Crippen molar-refractivity contribution >= 4 is 29.4 Å². The highest BCUT2D eigenvalue weighted by atomic mass is 16.5. The Kier molecular flexibility index (Phi) is 6.72. The minimum absolute atomic E-state index is 0.321. The smallest absolute Gasteiger partial charge is 0.327 e. The van der Waals surface area contributed by atoms with Crippen LogP contribution in [0.25, 0.3) is 0 Å². The summed E-state index contributed by atoms with van der Waals surface area (Å²) < 4.78 is 10.7. The fraction of sp³-hybridized carbons (Fsp3) is 0.360. The second-order valence-electron chi connectivity index (χ2n) is 8.26. The summed E-state index contributed by atoms with van der Waals surface area (Å²) in [4.78, 5) is 52.2. The Morgan fingerprint density at radius 1 is 1.00 bits per heavy atom. The average molecular weight is 450 g/mol. The number of amides is 3. The molecule has 8 heteroatoms. The lowest BCUT2D eigenvalue weighted by molar-refractivity contribution is -0.159. The monoisotopic (exact) mass is 450 g/mol. The van der Waals surface area contributed by atoms with Gasteiger partial charge in [0.2, 0.25) is 17.9 Å². The zero-order valence-corrected chi connectivity index (χ0v) is 18.4. The van der Waals surface area contributed by atoms with Crippen LogP contribution in [0, 0.1) is 11.8 Å². The molecular formula is C25H26N2O6. The van der Waals surface area contributed by atoms with Gasteiger partial charge in [0.05, 0.1) is 18.9 Å². The molecule has 172 valence electrons. The van der Waals surface area contributed by atoms with Crippen molar-refractivity contribution in [1.82, 2.24) is 4.90 Å². The highest BCUT2D eigenvalue weighted by molar-refractivity contribution is 6.07. The first-order chi connectivity index (χ1) is 16.0. The molecule has 4 rings (SSSR count). The van der Waals surface area contributed by atoms with Gasteiger partial charge in [0, 0.05) is 17.3 Å². The van der Waals surface area contributed by atoms with Crippen molar-refractivity contribution < 1.29 is 28.7 Å². The lowest BCUT2D eigenvalue weighted by Crippen LogP contribution is -2.38. The van der Waals surface area contributed by atoms with Gasteiger partial charge in [-0.3, -0.25) is 24.1 Å². The van der Waals surface area contributed by atoms with Crippen LogP contribution in [0.1, 0.15) is 37.4 Å². The van der Waals surface area contributed by atoms with Crippen LogP contribution < -0.4 is 10.1 Å². The van der Waals surface area contributed by atoms with Crippen molar-refractivity contribution in [1.29, 1.82) is 0 Å². The summed E-state index contributed by atoms with van der Waals surface area (Å²) >= 11 is 0. The molecule has 0 spiro atoms. The molecule has 3 atom stereocenters. The van der Waals surface area contributed by atoms with E-state index in [-0.39, 0.29) is 23.7 Å². The van der Waals surface area contributed by atoms with Gasteiger partial charge in [0.15, 0.2) is 0 Å². The summed E-state index contributed by atoms with van der Waals surface area (Å²) in [5.74, 6) is -2.15. The van der Waals surface area contributed by atoms with Crippen LogP contribution in [0.2, 0.25) is 0 Å². The Hall–Kier alpha value is -3.68. The number of methoxy groups -OCH3 is 1. The predicted molar refractivity (Wildman–Crippen MR) is 119 cm³/mol. The number of imide groups is 1. The summed E-state index contributed by atoms with van der Waals surface area (Å²) in [7, 11) is 1.52. The van der Waals surface area contributed by atoms with E-state index in [9.17, 15) is 19.2 Å². The van der Waals surface area contributed by atoms with Gasteiger partial charge < -0.3 is 14.8 Å². The second kappa shape index (κ2) is 9.85. The highest BCUT2D eigenvalue weighted by Gasteiger charge is 2.48. The van der Waals surface area contributed by atoms with Crippen LogP contribution in [0.5, 0.6) is 5.75 Å². The van der Waals surface area contributed by atoms with Gasteiger partial charge in [-0.1, -0.05) is 49.2 Å². The number of hydrogen-bond acceptors (Lipinski definition) is 6. The van der Waals surface area contributed by atoms with Crippen LogP contribution in [0.15, 0.2) is 54.6 Å². The number of carbonyl (C=O) groups is 4. The Morgan fingerprint density at radius 3 is 2.30 bits per heavy atom. The summed E-state index contributed by atoms with van der Waals surface area (Å²) in [6, 6.07) is 15.4. The van der Waals surface area contributed by atoms with Gasteiger partial charge in [-0.25, -0.2) is 0 Å². The molecule has 1 saturated heterocycles. The number of nitrogens with one attached hydrogen (secondary N) is 1. The van der Waals surface area contributed by atoms with E-state index in [1.807, 2.05) is 0 Å². The van der Waals surface area contributed by atoms with Crippen LogP contribution >= 0.6 is 0 Å². The van der Waals surface area contributed by atoms with Gasteiger partial charge in [-0.2, -0.15) is 0 Å². The van der Waals surface area contributed by atoms with Gasteiger partial charge in [0.25, 0.3) is 5.91 Å². The van der Waals surface area contributed by atoms with Crippen molar-refractivity contribution in [2.45, 2.75) is 31.8 Å². The van der Waals surface area contributed by atoms with E-state index < -0.39 is 24.5 Å². The molecule has 3 unspecified atom stereocenters. The van der Waals surface area contributed by atoms with Crippen molar-refractivity contribution in [2.75, 3.05) is 19.0 Å². The normalized spacial score (nSPS) is 20.7. The zero-order chi connectivity index (χ0) is 23.4. The minimum Gasteiger partial charge on any atom is -0.497 e. The largest absolute Gasteiger partial charge is 0.497 e. The number of carbonyl (C=O) groups excluding carboxylic acids is 4. The highest BCUT2D eigenvalue weighted by Crippen LogP contribution is 2.38. The maximum Gasteiger partial charge on any atom is 0.327 e. The average Bonchev–Trinajstić information content (AvgIpc) is 3.08. The molecule has 1 aliphatic carbocycles. The molecule has 2 aromatic rings. The fourth-order valence-electron chi connectivity index (χ4n) is 4.49. The Labute approximate surface area is 191 Å². The number of ether oxygens (including phenoxy) is 2. The summed E-state index contributed by atoms with van der Waals surface area (Å²) in [6.45, 7) is -0.500. The van der Waals surface area contributed by atoms with E-state index in [0.717, 1.165) is 17.7 Å². The molecule has 33 heavy (non-hydrogen) atoms. The lowest BCUT2D eigenvalue weighted by Gasteiger charge is -2.20. The van der Waals surface area contributed by atoms with Gasteiger partial charge >= 0.3 is 5.97 Å². The number of nitrogens with zero attached hydrogens (tertiary/aromatic N) is 1. The van der Waals surface area contributed by atoms with Crippen LogP contribution in [0.3, 0.4) is 0 Å². The zero-order valence-electron chi connectivity index (χ0n) is 18.4. The molecule has 2 aliphatic rings. The van der Waals surface area contributed by atoms with Gasteiger partial charge in [-0.15, -0.1) is 0 Å². The SMILES string of the molecule is COc1cccc(NC(=O)C(OC(=O)CN2C(=O)C3CCCCC3C2=O)c2ccccc2)c1. The third kappa shape index (κ3) is 4.89. The van der Waals surface area contributed by atoms with Gasteiger partial charge in [-0.05, 0) is 25.0 Å². The number of fused-ring (bicyclic) bond motifs is 1. The number of benzene rings is 2. The molecule has 3 amide bonds. The van der Waals surface area contributed by atoms with Crippen LogP contribution in [-0.2, 0) is 23.9 Å². The molecule has 1 aliphatic heterocycles. The Balaban J connectivity index is 1.48. The van der Waals surface area contributed by atoms with E-state index in [1.54, 1.807) is 54.6 Å². The maximum atomic E-state index is 13.0. The molecule has 8 nitrogen and oxygen atoms in total. The van der Waals surface area contributed by atoms with Crippen molar-refractivity contribution in [3.63, 3.8) is 0 Å². The first-order valence-electron chi connectivity index (χ1n) is 11.0. The number of esters is 1. The van der Waals surface area contributed by atoms with Gasteiger partial charge in [0.1, 0.15) is 12.3 Å². The predicted octanol–water partition coefficient (Wildman–Crippen LogP) is 3.09. The molecule has 0 aromatic heterocycles. The standard InChI is InChI=1S/C25H26N2O6/c1-32-18-11-7-10-17(14-18)26-23(29)22(16-8-3-2-4-9-16)33-21(28)15-27-24(30)19-12-5-6-13-20(19)25(27)31/h2-4,7-11,14,19-20,22H,5-6,12-13,15H2,1H3,(H,26,29). The Morgan fingerprint density at radius 2 is 1.67 bits per heavy atom. The molecule has 1 saturated carbocycles. The third-order valence-corrected chi connectivity index (χ3v) is 6.15. The third-order valence-electron chi connectivity index (χ3n) is 6.15. The first kappa shape index (κ1) is 22.5. The fourth-order valence-corrected chi connectivity index (χ4v) is 4.49. The summed E-state index contributed by atoms with van der Waals surface area (Å²) in [6.07, 6.45) is 1.88. The molecule has 0 radical (unpaired) electrons. The lowest BCUT2D eigenvalue weighted by atomic mass is 9.81. The minimum atomic E-state index is -1.25. The van der Waals surface area contributed by atoms with Crippen molar-refractivity contribution in [3.05, 3.63) is 60.2 Å². The molecular weight excluding hydrogens is 424 g/mol. The summed E-state index contributed by atoms with van der Waals surface area (Å²) in [5.41, 5.74) is 0.948. The molecule has 0 bridgehead atoms. The van der Waals surface area contributed by atoms with E-state index in [2.05, 4.69) is 5.32 Å². The Bertz CT molecular complexity index is 1030. The van der Waals surface area contributed by atoms with E-state index in [0.29, 0.717) is 29.8 Å². The van der Waals surface area contributed by atoms with Crippen LogP contribution in [0.4, 0.5) is 5.69 Å². The van der Waals surface area contributed by atoms with Crippen molar-refractivity contribution in [3.8, 4) is 5.75 Å².